The van der Waals surface area contributed by atoms with E-state index >= 15 is 0 Å². The first kappa shape index (κ1) is 10.5. The van der Waals surface area contributed by atoms with Crippen LogP contribution in [0.2, 0.25) is 0 Å². The minimum absolute atomic E-state index is 0.223. The summed E-state index contributed by atoms with van der Waals surface area (Å²) in [6.45, 7) is 0. The normalized spacial score (nSPS) is 10.1. The Morgan fingerprint density at radius 3 is 2.94 bits per heavy atom. The highest BCUT2D eigenvalue weighted by Gasteiger charge is 2.15. The monoisotopic (exact) mass is 239 g/mol. The molecule has 0 saturated heterocycles. The number of thiazole rings is 1. The number of hydrogen-bond donors (Lipinski definition) is 1. The van der Waals surface area contributed by atoms with Crippen molar-refractivity contribution in [3.63, 3.8) is 0 Å². The molecule has 0 bridgehead atoms. The Balaban J connectivity index is 2.36. The number of nitro benzene ring substituents is 1. The molecule has 1 N–H and O–H groups in total. The molecule has 0 atom stereocenters. The van der Waals surface area contributed by atoms with E-state index in [-0.39, 0.29) is 11.4 Å². The number of aromatic nitrogens is 1. The molecule has 1 aromatic carbocycles. The van der Waals surface area contributed by atoms with Crippen molar-refractivity contribution < 1.29 is 9.31 Å². The predicted octanol–water partition coefficient (Wildman–Crippen LogP) is 2.93. The number of nitro groups is 1. The molecular formula is C9H6FN3O2S. The molecule has 0 unspecified atom stereocenters. The summed E-state index contributed by atoms with van der Waals surface area (Å²) in [4.78, 5) is 14.0. The summed E-state index contributed by atoms with van der Waals surface area (Å²) < 4.78 is 12.8. The average Bonchev–Trinajstić information content (AvgIpc) is 2.73. The second-order valence-electron chi connectivity index (χ2n) is 2.88. The number of halogens is 1. The summed E-state index contributed by atoms with van der Waals surface area (Å²) in [6, 6.07) is 3.34. The van der Waals surface area contributed by atoms with Gasteiger partial charge in [0.2, 0.25) is 0 Å². The Labute approximate surface area is 93.7 Å². The standard InChI is InChI=1S/C9H6FN3O2S/c10-6-1-2-7(8(5-6)13(14)15)12-9-11-3-4-16-9/h1-5H,(H,11,12). The van der Waals surface area contributed by atoms with Crippen LogP contribution in [0.1, 0.15) is 0 Å². The Kier molecular flexibility index (Phi) is 2.78. The fourth-order valence-electron chi connectivity index (χ4n) is 1.16. The van der Waals surface area contributed by atoms with Crippen LogP contribution in [0.5, 0.6) is 0 Å². The van der Waals surface area contributed by atoms with Crippen molar-refractivity contribution in [1.29, 1.82) is 0 Å². The number of rotatable bonds is 3. The molecule has 16 heavy (non-hydrogen) atoms. The lowest BCUT2D eigenvalue weighted by molar-refractivity contribution is -0.384. The number of nitrogens with one attached hydrogen (secondary N) is 1. The van der Waals surface area contributed by atoms with E-state index in [1.807, 2.05) is 0 Å². The van der Waals surface area contributed by atoms with E-state index in [0.29, 0.717) is 5.13 Å². The number of nitrogens with zero attached hydrogens (tertiary/aromatic N) is 2. The summed E-state index contributed by atoms with van der Waals surface area (Å²) in [5, 5.41) is 15.7. The minimum Gasteiger partial charge on any atom is -0.326 e. The molecule has 2 aromatic rings. The van der Waals surface area contributed by atoms with Crippen molar-refractivity contribution in [3.05, 3.63) is 45.7 Å². The van der Waals surface area contributed by atoms with Crippen molar-refractivity contribution in [2.75, 3.05) is 5.32 Å². The van der Waals surface area contributed by atoms with Crippen LogP contribution in [0.15, 0.2) is 29.8 Å². The van der Waals surface area contributed by atoms with E-state index in [0.717, 1.165) is 12.1 Å². The van der Waals surface area contributed by atoms with Gasteiger partial charge in [0.25, 0.3) is 5.69 Å². The summed E-state index contributed by atoms with van der Waals surface area (Å²) in [7, 11) is 0. The first-order valence-corrected chi connectivity index (χ1v) is 5.15. The third kappa shape index (κ3) is 2.14. The molecule has 5 nitrogen and oxygen atoms in total. The fourth-order valence-corrected chi connectivity index (χ4v) is 1.70. The van der Waals surface area contributed by atoms with E-state index in [2.05, 4.69) is 10.3 Å². The zero-order chi connectivity index (χ0) is 11.5. The molecule has 1 aromatic heterocycles. The molecule has 0 aliphatic carbocycles. The lowest BCUT2D eigenvalue weighted by atomic mass is 10.2. The molecule has 82 valence electrons. The van der Waals surface area contributed by atoms with Crippen LogP contribution in [0, 0.1) is 15.9 Å². The van der Waals surface area contributed by atoms with Gasteiger partial charge in [0, 0.05) is 11.6 Å². The van der Waals surface area contributed by atoms with Gasteiger partial charge in [-0.3, -0.25) is 10.1 Å². The maximum atomic E-state index is 12.8. The molecular weight excluding hydrogens is 233 g/mol. The second-order valence-corrected chi connectivity index (χ2v) is 3.78. The maximum absolute atomic E-state index is 12.8. The third-order valence-corrected chi connectivity index (χ3v) is 2.52. The molecule has 0 amide bonds. The number of benzene rings is 1. The van der Waals surface area contributed by atoms with Crippen molar-refractivity contribution in [1.82, 2.24) is 4.98 Å². The van der Waals surface area contributed by atoms with E-state index in [4.69, 9.17) is 0 Å². The molecule has 0 radical (unpaired) electrons. The Morgan fingerprint density at radius 1 is 1.50 bits per heavy atom. The van der Waals surface area contributed by atoms with Gasteiger partial charge in [-0.05, 0) is 12.1 Å². The van der Waals surface area contributed by atoms with Crippen LogP contribution < -0.4 is 5.32 Å². The van der Waals surface area contributed by atoms with Gasteiger partial charge in [0.1, 0.15) is 11.5 Å². The number of hydrogen-bond acceptors (Lipinski definition) is 5. The summed E-state index contributed by atoms with van der Waals surface area (Å²) in [5.41, 5.74) is -0.0865. The zero-order valence-electron chi connectivity index (χ0n) is 7.88. The molecule has 0 saturated carbocycles. The highest BCUT2D eigenvalue weighted by molar-refractivity contribution is 7.13. The van der Waals surface area contributed by atoms with Crippen LogP contribution in [0.25, 0.3) is 0 Å². The lowest BCUT2D eigenvalue weighted by Gasteiger charge is -2.03. The number of anilines is 2. The van der Waals surface area contributed by atoms with Gasteiger partial charge in [0.15, 0.2) is 5.13 Å². The van der Waals surface area contributed by atoms with Gasteiger partial charge >= 0.3 is 0 Å². The van der Waals surface area contributed by atoms with Gasteiger partial charge in [-0.1, -0.05) is 0 Å². The van der Waals surface area contributed by atoms with E-state index in [9.17, 15) is 14.5 Å². The van der Waals surface area contributed by atoms with Gasteiger partial charge in [-0.2, -0.15) is 0 Å². The largest absolute Gasteiger partial charge is 0.326 e. The SMILES string of the molecule is O=[N+]([O-])c1cc(F)ccc1Nc1nccs1. The van der Waals surface area contributed by atoms with Crippen LogP contribution in [0.4, 0.5) is 20.9 Å². The first-order chi connectivity index (χ1) is 7.66. The topological polar surface area (TPSA) is 68.1 Å². The molecule has 0 aliphatic rings. The van der Waals surface area contributed by atoms with Gasteiger partial charge < -0.3 is 5.32 Å². The summed E-state index contributed by atoms with van der Waals surface area (Å²) in [6.07, 6.45) is 1.57. The van der Waals surface area contributed by atoms with Gasteiger partial charge in [-0.25, -0.2) is 9.37 Å². The quantitative estimate of drug-likeness (QED) is 0.660. The van der Waals surface area contributed by atoms with E-state index < -0.39 is 10.7 Å². The Hall–Kier alpha value is -2.02. The van der Waals surface area contributed by atoms with Crippen molar-refractivity contribution in [2.24, 2.45) is 0 Å². The van der Waals surface area contributed by atoms with E-state index in [1.54, 1.807) is 11.6 Å². The Bertz CT molecular complexity index is 515. The van der Waals surface area contributed by atoms with Gasteiger partial charge in [0.05, 0.1) is 11.0 Å². The van der Waals surface area contributed by atoms with Crippen molar-refractivity contribution in [2.45, 2.75) is 0 Å². The lowest BCUT2D eigenvalue weighted by Crippen LogP contribution is -1.97. The minimum atomic E-state index is -0.642. The first-order valence-electron chi connectivity index (χ1n) is 4.27. The smallest absolute Gasteiger partial charge is 0.295 e. The van der Waals surface area contributed by atoms with Crippen LogP contribution in [-0.4, -0.2) is 9.91 Å². The zero-order valence-corrected chi connectivity index (χ0v) is 8.70. The summed E-state index contributed by atoms with van der Waals surface area (Å²) >= 11 is 1.30. The highest BCUT2D eigenvalue weighted by Crippen LogP contribution is 2.28. The third-order valence-electron chi connectivity index (χ3n) is 1.83. The maximum Gasteiger partial charge on any atom is 0.295 e. The highest BCUT2D eigenvalue weighted by atomic mass is 32.1. The fraction of sp³-hybridized carbons (Fsp3) is 0. The molecule has 0 spiro atoms. The van der Waals surface area contributed by atoms with Crippen molar-refractivity contribution in [3.8, 4) is 0 Å². The van der Waals surface area contributed by atoms with Crippen LogP contribution in [-0.2, 0) is 0 Å². The molecule has 1 heterocycles. The van der Waals surface area contributed by atoms with Crippen LogP contribution in [0.3, 0.4) is 0 Å². The second kappa shape index (κ2) is 4.23. The Morgan fingerprint density at radius 2 is 2.31 bits per heavy atom. The average molecular weight is 239 g/mol. The molecule has 0 fully saturated rings. The van der Waals surface area contributed by atoms with Gasteiger partial charge in [-0.15, -0.1) is 11.3 Å². The van der Waals surface area contributed by atoms with E-state index in [1.165, 1.54) is 17.4 Å². The van der Waals surface area contributed by atoms with Crippen LogP contribution >= 0.6 is 11.3 Å². The predicted molar refractivity (Wildman–Crippen MR) is 58.5 cm³/mol. The molecule has 2 rings (SSSR count). The summed E-state index contributed by atoms with van der Waals surface area (Å²) in [5.74, 6) is -0.642. The molecule has 0 aliphatic heterocycles. The van der Waals surface area contributed by atoms with Crippen molar-refractivity contribution >= 4 is 27.8 Å². The molecule has 7 heteroatoms.